The van der Waals surface area contributed by atoms with Gasteiger partial charge < -0.3 is 20.1 Å². The molecule has 0 spiro atoms. The number of aliphatic hydroxyl groups is 1. The van der Waals surface area contributed by atoms with Gasteiger partial charge in [-0.15, -0.1) is 10.2 Å². The van der Waals surface area contributed by atoms with E-state index in [9.17, 15) is 27.1 Å². The predicted octanol–water partition coefficient (Wildman–Crippen LogP) is 3.49. The normalized spacial score (nSPS) is 20.1. The minimum atomic E-state index is -4.72. The average Bonchev–Trinajstić information content (AvgIpc) is 3.17. The molecule has 12 heteroatoms. The van der Waals surface area contributed by atoms with Gasteiger partial charge in [-0.25, -0.2) is 0 Å². The maximum Gasteiger partial charge on any atom is 0.416 e. The molecule has 1 aromatic carbocycles. The van der Waals surface area contributed by atoms with Crippen LogP contribution in [-0.2, 0) is 6.18 Å². The Balaban J connectivity index is 1.73. The van der Waals surface area contributed by atoms with Crippen molar-refractivity contribution in [1.29, 1.82) is 0 Å². The summed E-state index contributed by atoms with van der Waals surface area (Å²) in [7, 11) is 1.88. The summed E-state index contributed by atoms with van der Waals surface area (Å²) in [6, 6.07) is 5.54. The summed E-state index contributed by atoms with van der Waals surface area (Å²) in [5, 5.41) is 21.4. The smallest absolute Gasteiger partial charge is 0.416 e. The van der Waals surface area contributed by atoms with Crippen molar-refractivity contribution in [3.63, 3.8) is 0 Å². The first-order valence-electron chi connectivity index (χ1n) is 9.75. The number of likely N-dealkylation sites (tertiary alicyclic amines) is 1. The van der Waals surface area contributed by atoms with E-state index in [2.05, 4.69) is 20.3 Å². The Morgan fingerprint density at radius 3 is 2.66 bits per heavy atom. The first kappa shape index (κ1) is 22.2. The minimum Gasteiger partial charge on any atom is -0.434 e. The molecule has 32 heavy (non-hydrogen) atoms. The van der Waals surface area contributed by atoms with E-state index >= 15 is 0 Å². The predicted molar refractivity (Wildman–Crippen MR) is 106 cm³/mol. The fourth-order valence-corrected chi connectivity index (χ4v) is 3.91. The number of aliphatic hydroxyl groups excluding tert-OH is 1. The molecule has 0 radical (unpaired) electrons. The van der Waals surface area contributed by atoms with Gasteiger partial charge in [0.15, 0.2) is 0 Å². The third-order valence-corrected chi connectivity index (χ3v) is 5.19. The lowest BCUT2D eigenvalue weighted by atomic mass is 10.0. The number of fused-ring (bicyclic) bond motifs is 1. The van der Waals surface area contributed by atoms with E-state index in [4.69, 9.17) is 0 Å². The van der Waals surface area contributed by atoms with E-state index in [0.717, 1.165) is 12.1 Å². The Morgan fingerprint density at radius 1 is 1.19 bits per heavy atom. The standard InChI is InChI=1S/C20H20F5N5O2/c1-29-9-12(8-13(31)10-29)26-19-28-27-17(15-3-2-6-30(15)19)14-5-4-11(20(23,24)25)7-16(14)32-18(21)22/h2-7,12-13,18,31H,8-10H2,1H3,(H,26,28)/t12-,13+/m1/s1. The quantitative estimate of drug-likeness (QED) is 0.572. The second kappa shape index (κ2) is 8.51. The van der Waals surface area contributed by atoms with Gasteiger partial charge in [0.25, 0.3) is 0 Å². The summed E-state index contributed by atoms with van der Waals surface area (Å²) in [6.45, 7) is -2.10. The van der Waals surface area contributed by atoms with Crippen LogP contribution in [0, 0.1) is 0 Å². The second-order valence-electron chi connectivity index (χ2n) is 7.67. The van der Waals surface area contributed by atoms with Crippen LogP contribution >= 0.6 is 0 Å². The summed E-state index contributed by atoms with van der Waals surface area (Å²) in [5.41, 5.74) is -0.639. The highest BCUT2D eigenvalue weighted by Gasteiger charge is 2.32. The lowest BCUT2D eigenvalue weighted by Crippen LogP contribution is -2.47. The number of halogens is 5. The molecule has 0 saturated carbocycles. The monoisotopic (exact) mass is 457 g/mol. The number of alkyl halides is 5. The number of benzene rings is 1. The molecule has 2 N–H and O–H groups in total. The van der Waals surface area contributed by atoms with Gasteiger partial charge in [-0.3, -0.25) is 4.40 Å². The van der Waals surface area contributed by atoms with Gasteiger partial charge in [0, 0.05) is 30.9 Å². The van der Waals surface area contributed by atoms with E-state index in [1.165, 1.54) is 0 Å². The largest absolute Gasteiger partial charge is 0.434 e. The summed E-state index contributed by atoms with van der Waals surface area (Å²) in [6.07, 6.45) is -3.06. The number of piperidine rings is 1. The van der Waals surface area contributed by atoms with Crippen LogP contribution in [0.3, 0.4) is 0 Å². The molecule has 172 valence electrons. The van der Waals surface area contributed by atoms with Crippen LogP contribution in [0.25, 0.3) is 16.8 Å². The number of β-amino-alcohol motifs (C(OH)–C–C–N with tert-alkyl or cyclic N) is 1. The number of hydrogen-bond donors (Lipinski definition) is 2. The molecule has 7 nitrogen and oxygen atoms in total. The Hall–Kier alpha value is -2.99. The molecule has 3 heterocycles. The summed E-state index contributed by atoms with van der Waals surface area (Å²) >= 11 is 0. The van der Waals surface area contributed by atoms with Crippen LogP contribution in [0.2, 0.25) is 0 Å². The fraction of sp³-hybridized carbons (Fsp3) is 0.400. The van der Waals surface area contributed by atoms with Crippen LogP contribution in [0.5, 0.6) is 5.75 Å². The third kappa shape index (κ3) is 4.60. The second-order valence-corrected chi connectivity index (χ2v) is 7.67. The third-order valence-electron chi connectivity index (χ3n) is 5.19. The van der Waals surface area contributed by atoms with Gasteiger partial charge in [0.05, 0.1) is 17.2 Å². The molecule has 4 rings (SSSR count). The van der Waals surface area contributed by atoms with Crippen molar-refractivity contribution in [1.82, 2.24) is 19.5 Å². The molecule has 1 saturated heterocycles. The number of anilines is 1. The summed E-state index contributed by atoms with van der Waals surface area (Å²) in [5.74, 6) is -0.297. The van der Waals surface area contributed by atoms with Crippen molar-refractivity contribution in [2.75, 3.05) is 25.5 Å². The van der Waals surface area contributed by atoms with Crippen LogP contribution in [0.4, 0.5) is 27.9 Å². The molecule has 1 aliphatic heterocycles. The average molecular weight is 457 g/mol. The van der Waals surface area contributed by atoms with Crippen LogP contribution in [0.15, 0.2) is 36.5 Å². The number of hydrogen-bond acceptors (Lipinski definition) is 6. The van der Waals surface area contributed by atoms with Gasteiger partial charge in [-0.1, -0.05) is 0 Å². The molecular weight excluding hydrogens is 437 g/mol. The zero-order valence-electron chi connectivity index (χ0n) is 16.9. The molecule has 1 fully saturated rings. The van der Waals surface area contributed by atoms with Crippen LogP contribution < -0.4 is 10.1 Å². The molecule has 2 aromatic heterocycles. The van der Waals surface area contributed by atoms with E-state index in [0.29, 0.717) is 37.0 Å². The molecule has 3 aromatic rings. The summed E-state index contributed by atoms with van der Waals surface area (Å²) < 4.78 is 71.0. The van der Waals surface area contributed by atoms with Crippen molar-refractivity contribution < 1.29 is 31.8 Å². The van der Waals surface area contributed by atoms with E-state index in [1.54, 1.807) is 22.7 Å². The van der Waals surface area contributed by atoms with Crippen LogP contribution in [0.1, 0.15) is 12.0 Å². The van der Waals surface area contributed by atoms with Crippen molar-refractivity contribution in [3.8, 4) is 17.0 Å². The zero-order valence-corrected chi connectivity index (χ0v) is 16.9. The van der Waals surface area contributed by atoms with Crippen molar-refractivity contribution in [2.45, 2.75) is 31.4 Å². The molecule has 2 atom stereocenters. The maximum atomic E-state index is 13.1. The first-order chi connectivity index (χ1) is 15.1. The van der Waals surface area contributed by atoms with Gasteiger partial charge in [0.1, 0.15) is 11.4 Å². The number of ether oxygens (including phenoxy) is 1. The van der Waals surface area contributed by atoms with Crippen LogP contribution in [-0.4, -0.2) is 63.5 Å². The number of nitrogens with zero attached hydrogens (tertiary/aromatic N) is 4. The number of nitrogens with one attached hydrogen (secondary N) is 1. The molecular formula is C20H20F5N5O2. The van der Waals surface area contributed by atoms with E-state index in [-0.39, 0.29) is 17.3 Å². The molecule has 0 bridgehead atoms. The van der Waals surface area contributed by atoms with Gasteiger partial charge >= 0.3 is 12.8 Å². The summed E-state index contributed by atoms with van der Waals surface area (Å²) in [4.78, 5) is 1.97. The lowest BCUT2D eigenvalue weighted by Gasteiger charge is -2.33. The molecule has 0 aliphatic carbocycles. The van der Waals surface area contributed by atoms with E-state index in [1.807, 2.05) is 11.9 Å². The van der Waals surface area contributed by atoms with Gasteiger partial charge in [-0.05, 0) is 43.8 Å². The topological polar surface area (TPSA) is 74.9 Å². The van der Waals surface area contributed by atoms with Crippen molar-refractivity contribution in [3.05, 3.63) is 42.1 Å². The Labute approximate surface area is 179 Å². The minimum absolute atomic E-state index is 0.0473. The Kier molecular flexibility index (Phi) is 5.91. The zero-order chi connectivity index (χ0) is 23.0. The number of aromatic nitrogens is 3. The SMILES string of the molecule is CN1C[C@@H](O)C[C@@H](Nc2nnc(-c3ccc(C(F)(F)F)cc3OC(F)F)c3cccn23)C1. The first-order valence-corrected chi connectivity index (χ1v) is 9.75. The highest BCUT2D eigenvalue weighted by Crippen LogP contribution is 2.38. The highest BCUT2D eigenvalue weighted by atomic mass is 19.4. The van der Waals surface area contributed by atoms with Gasteiger partial charge in [-0.2, -0.15) is 22.0 Å². The number of rotatable bonds is 5. The molecule has 0 amide bonds. The van der Waals surface area contributed by atoms with Gasteiger partial charge in [0.2, 0.25) is 5.95 Å². The fourth-order valence-electron chi connectivity index (χ4n) is 3.91. The molecule has 0 unspecified atom stereocenters. The lowest BCUT2D eigenvalue weighted by molar-refractivity contribution is -0.138. The maximum absolute atomic E-state index is 13.1. The van der Waals surface area contributed by atoms with E-state index < -0.39 is 30.2 Å². The Bertz CT molecular complexity index is 1090. The van der Waals surface area contributed by atoms with Crippen molar-refractivity contribution in [2.24, 2.45) is 0 Å². The highest BCUT2D eigenvalue weighted by molar-refractivity contribution is 5.81. The number of likely N-dealkylation sites (N-methyl/N-ethyl adjacent to an activating group) is 1. The van der Waals surface area contributed by atoms with Crippen molar-refractivity contribution >= 4 is 11.5 Å². The molecule has 1 aliphatic rings. The Morgan fingerprint density at radius 2 is 1.97 bits per heavy atom.